The second-order valence-electron chi connectivity index (χ2n) is 7.13. The number of alkyl halides is 3. The van der Waals surface area contributed by atoms with E-state index in [9.17, 15) is 22.8 Å². The van der Waals surface area contributed by atoms with Gasteiger partial charge in [-0.25, -0.2) is 0 Å². The first kappa shape index (κ1) is 20.6. The van der Waals surface area contributed by atoms with Gasteiger partial charge < -0.3 is 4.74 Å². The molecule has 0 radical (unpaired) electrons. The number of carbonyl (C=O) groups excluding carboxylic acids is 2. The fraction of sp³-hybridized carbons (Fsp3) is 0.120. The van der Waals surface area contributed by atoms with Gasteiger partial charge in [0, 0.05) is 16.7 Å². The minimum absolute atomic E-state index is 0.0835. The van der Waals surface area contributed by atoms with Crippen molar-refractivity contribution in [1.29, 1.82) is 0 Å². The van der Waals surface area contributed by atoms with E-state index in [1.807, 2.05) is 0 Å². The highest BCUT2D eigenvalue weighted by atomic mass is 19.4. The van der Waals surface area contributed by atoms with Crippen molar-refractivity contribution in [2.45, 2.75) is 18.5 Å². The number of hydrogen-bond donors (Lipinski definition) is 0. The molecule has 31 heavy (non-hydrogen) atoms. The van der Waals surface area contributed by atoms with Crippen molar-refractivity contribution in [3.05, 3.63) is 113 Å². The third-order valence-corrected chi connectivity index (χ3v) is 5.16. The van der Waals surface area contributed by atoms with Gasteiger partial charge in [0.2, 0.25) is 0 Å². The summed E-state index contributed by atoms with van der Waals surface area (Å²) in [5.41, 5.74) is -0.0690. The summed E-state index contributed by atoms with van der Waals surface area (Å²) in [7, 11) is 0. The van der Waals surface area contributed by atoms with Crippen LogP contribution in [0.1, 0.15) is 39.4 Å². The van der Waals surface area contributed by atoms with Gasteiger partial charge in [-0.2, -0.15) is 13.2 Å². The lowest BCUT2D eigenvalue weighted by molar-refractivity contribution is -0.141. The van der Waals surface area contributed by atoms with Crippen LogP contribution in [0.15, 0.2) is 90.5 Å². The number of carbonyl (C=O) groups is 2. The Morgan fingerprint density at radius 3 is 2.06 bits per heavy atom. The molecule has 3 nitrogen and oxygen atoms in total. The number of cyclic esters (lactones) is 1. The summed E-state index contributed by atoms with van der Waals surface area (Å²) in [6, 6.07) is 21.9. The maximum absolute atomic E-state index is 13.6. The van der Waals surface area contributed by atoms with E-state index in [0.717, 1.165) is 6.07 Å². The lowest BCUT2D eigenvalue weighted by Gasteiger charge is -2.27. The van der Waals surface area contributed by atoms with E-state index >= 15 is 0 Å². The Morgan fingerprint density at radius 1 is 0.839 bits per heavy atom. The predicted octanol–water partition coefficient (Wildman–Crippen LogP) is 6.03. The molecule has 0 bridgehead atoms. The number of rotatable bonds is 4. The number of Topliss-reactive ketones (excluding diaryl/α,β-unsaturated/α-hetero) is 1. The Bertz CT molecular complexity index is 1150. The van der Waals surface area contributed by atoms with Gasteiger partial charge in [-0.05, 0) is 18.1 Å². The van der Waals surface area contributed by atoms with Gasteiger partial charge in [0.1, 0.15) is 5.76 Å². The molecule has 1 unspecified atom stereocenters. The smallest absolute Gasteiger partial charge is 0.416 e. The fourth-order valence-corrected chi connectivity index (χ4v) is 3.69. The summed E-state index contributed by atoms with van der Waals surface area (Å²) in [5, 5.41) is 0. The predicted molar refractivity (Wildman–Crippen MR) is 109 cm³/mol. The average Bonchev–Trinajstić information content (AvgIpc) is 2.79. The number of halogens is 3. The standard InChI is InChI=1S/C25H17F3O3/c26-25(27,28)21-14-8-7-13-18(21)19-15-20(22(29)16-9-3-1-4-10-16)23(31-24(19)30)17-11-5-2-6-12-17/h1-14,19H,15H2. The molecule has 4 rings (SSSR count). The Balaban J connectivity index is 1.84. The third-order valence-electron chi connectivity index (χ3n) is 5.16. The zero-order valence-electron chi connectivity index (χ0n) is 16.2. The quantitative estimate of drug-likeness (QED) is 0.381. The van der Waals surface area contributed by atoms with Crippen molar-refractivity contribution in [3.8, 4) is 0 Å². The van der Waals surface area contributed by atoms with Crippen LogP contribution in [0.25, 0.3) is 5.76 Å². The molecule has 0 saturated carbocycles. The summed E-state index contributed by atoms with van der Waals surface area (Å²) in [5.74, 6) is -2.37. The molecule has 0 aromatic heterocycles. The van der Waals surface area contributed by atoms with Crippen LogP contribution >= 0.6 is 0 Å². The maximum atomic E-state index is 13.6. The van der Waals surface area contributed by atoms with E-state index in [4.69, 9.17) is 4.74 Å². The Labute approximate surface area is 176 Å². The number of hydrogen-bond acceptors (Lipinski definition) is 3. The molecule has 6 heteroatoms. The molecule has 0 N–H and O–H groups in total. The van der Waals surface area contributed by atoms with Crippen LogP contribution in [0.5, 0.6) is 0 Å². The van der Waals surface area contributed by atoms with Crippen LogP contribution in [-0.4, -0.2) is 11.8 Å². The molecule has 1 heterocycles. The van der Waals surface area contributed by atoms with E-state index in [2.05, 4.69) is 0 Å². The highest BCUT2D eigenvalue weighted by Crippen LogP contribution is 2.42. The van der Waals surface area contributed by atoms with E-state index in [1.165, 1.54) is 18.2 Å². The second kappa shape index (κ2) is 8.22. The van der Waals surface area contributed by atoms with E-state index in [0.29, 0.717) is 11.1 Å². The molecule has 1 aliphatic heterocycles. The molecule has 0 aliphatic carbocycles. The molecule has 1 atom stereocenters. The van der Waals surface area contributed by atoms with E-state index in [1.54, 1.807) is 60.7 Å². The molecule has 3 aromatic rings. The van der Waals surface area contributed by atoms with Crippen molar-refractivity contribution in [1.82, 2.24) is 0 Å². The molecule has 3 aromatic carbocycles. The maximum Gasteiger partial charge on any atom is 0.416 e. The number of esters is 1. The topological polar surface area (TPSA) is 43.4 Å². The summed E-state index contributed by atoms with van der Waals surface area (Å²) in [6.45, 7) is 0. The SMILES string of the molecule is O=C(C1=C(c2ccccc2)OC(=O)C(c2ccccc2C(F)(F)F)C1)c1ccccc1. The number of allylic oxidation sites excluding steroid dienone is 1. The lowest BCUT2D eigenvalue weighted by atomic mass is 9.83. The summed E-state index contributed by atoms with van der Waals surface area (Å²) >= 11 is 0. The van der Waals surface area contributed by atoms with Crippen LogP contribution in [0.4, 0.5) is 13.2 Å². The number of ketones is 1. The Kier molecular flexibility index (Phi) is 5.46. The fourth-order valence-electron chi connectivity index (χ4n) is 3.69. The normalized spacial score (nSPS) is 16.7. The molecule has 0 spiro atoms. The lowest BCUT2D eigenvalue weighted by Crippen LogP contribution is -2.27. The van der Waals surface area contributed by atoms with Crippen molar-refractivity contribution < 1.29 is 27.5 Å². The van der Waals surface area contributed by atoms with Crippen LogP contribution in [0.2, 0.25) is 0 Å². The molecule has 0 fully saturated rings. The highest BCUT2D eigenvalue weighted by Gasteiger charge is 2.41. The second-order valence-corrected chi connectivity index (χ2v) is 7.13. The van der Waals surface area contributed by atoms with Gasteiger partial charge in [-0.1, -0.05) is 78.9 Å². The van der Waals surface area contributed by atoms with Crippen molar-refractivity contribution in [2.24, 2.45) is 0 Å². The van der Waals surface area contributed by atoms with E-state index < -0.39 is 23.6 Å². The zero-order valence-corrected chi connectivity index (χ0v) is 16.2. The number of benzene rings is 3. The van der Waals surface area contributed by atoms with Gasteiger partial charge in [0.05, 0.1) is 11.5 Å². The van der Waals surface area contributed by atoms with Crippen LogP contribution in [0, 0.1) is 0 Å². The van der Waals surface area contributed by atoms with Gasteiger partial charge in [-0.15, -0.1) is 0 Å². The highest BCUT2D eigenvalue weighted by molar-refractivity contribution is 6.14. The minimum atomic E-state index is -4.64. The van der Waals surface area contributed by atoms with Crippen LogP contribution < -0.4 is 0 Å². The van der Waals surface area contributed by atoms with Crippen molar-refractivity contribution in [2.75, 3.05) is 0 Å². The summed E-state index contributed by atoms with van der Waals surface area (Å²) in [4.78, 5) is 26.1. The first-order chi connectivity index (χ1) is 14.9. The largest absolute Gasteiger partial charge is 0.425 e. The molecule has 1 aliphatic rings. The van der Waals surface area contributed by atoms with Crippen LogP contribution in [-0.2, 0) is 15.7 Å². The van der Waals surface area contributed by atoms with Crippen LogP contribution in [0.3, 0.4) is 0 Å². The average molecular weight is 422 g/mol. The number of ether oxygens (including phenoxy) is 1. The van der Waals surface area contributed by atoms with Crippen molar-refractivity contribution in [3.63, 3.8) is 0 Å². The van der Waals surface area contributed by atoms with Gasteiger partial charge in [0.25, 0.3) is 0 Å². The first-order valence-corrected chi connectivity index (χ1v) is 9.62. The van der Waals surface area contributed by atoms with Gasteiger partial charge >= 0.3 is 12.1 Å². The first-order valence-electron chi connectivity index (χ1n) is 9.62. The molecule has 0 saturated heterocycles. The van der Waals surface area contributed by atoms with Gasteiger partial charge in [-0.3, -0.25) is 9.59 Å². The van der Waals surface area contributed by atoms with Crippen molar-refractivity contribution >= 4 is 17.5 Å². The summed E-state index contributed by atoms with van der Waals surface area (Å²) < 4.78 is 46.2. The monoisotopic (exact) mass is 422 g/mol. The summed E-state index contributed by atoms with van der Waals surface area (Å²) in [6.07, 6.45) is -4.83. The zero-order chi connectivity index (χ0) is 22.0. The minimum Gasteiger partial charge on any atom is -0.425 e. The molecule has 156 valence electrons. The Hall–Kier alpha value is -3.67. The molecular weight excluding hydrogens is 405 g/mol. The van der Waals surface area contributed by atoms with E-state index in [-0.39, 0.29) is 29.1 Å². The Morgan fingerprint density at radius 2 is 1.42 bits per heavy atom. The van der Waals surface area contributed by atoms with Gasteiger partial charge in [0.15, 0.2) is 5.78 Å². The molecular formula is C25H17F3O3. The third kappa shape index (κ3) is 4.14. The molecule has 0 amide bonds.